The number of benzene rings is 1. The number of amides is 1. The minimum atomic E-state index is -0.229. The van der Waals surface area contributed by atoms with Gasteiger partial charge in [0, 0.05) is 8.95 Å². The van der Waals surface area contributed by atoms with E-state index in [1.165, 1.54) is 0 Å². The zero-order valence-corrected chi connectivity index (χ0v) is 10.4. The van der Waals surface area contributed by atoms with Gasteiger partial charge in [0.05, 0.1) is 5.69 Å². The highest BCUT2D eigenvalue weighted by molar-refractivity contribution is 14.1. The molecule has 1 aromatic carbocycles. The molecule has 1 aromatic heterocycles. The molecule has 1 heterocycles. The highest BCUT2D eigenvalue weighted by Gasteiger charge is 2.09. The minimum absolute atomic E-state index is 0.229. The molecule has 0 bridgehead atoms. The first-order valence-electron chi connectivity index (χ1n) is 4.10. The maximum atomic E-state index is 11.6. The predicted octanol–water partition coefficient (Wildman–Crippen LogP) is 2.40. The molecule has 0 atom stereocenters. The fourth-order valence-electron chi connectivity index (χ4n) is 1.01. The summed E-state index contributed by atoms with van der Waals surface area (Å²) in [6, 6.07) is 7.56. The van der Waals surface area contributed by atoms with Crippen LogP contribution in [0.15, 0.2) is 29.6 Å². The van der Waals surface area contributed by atoms with Crippen molar-refractivity contribution in [3.05, 3.63) is 38.9 Å². The van der Waals surface area contributed by atoms with E-state index in [2.05, 4.69) is 37.5 Å². The number of aromatic nitrogens is 2. The highest BCUT2D eigenvalue weighted by atomic mass is 127. The Kier molecular flexibility index (Phi) is 3.27. The molecule has 0 radical (unpaired) electrons. The summed E-state index contributed by atoms with van der Waals surface area (Å²) in [4.78, 5) is 11.6. The van der Waals surface area contributed by atoms with Crippen molar-refractivity contribution in [3.63, 3.8) is 0 Å². The molecule has 0 unspecified atom stereocenters. The van der Waals surface area contributed by atoms with Gasteiger partial charge >= 0.3 is 0 Å². The standard InChI is InChI=1S/C9H6IN3OS/c10-6-3-1-2-4-7(6)11-9(14)8-5-15-13-12-8/h1-5H,(H,11,14). The molecule has 1 amide bonds. The Morgan fingerprint density at radius 1 is 1.40 bits per heavy atom. The number of carbonyl (C=O) groups is 1. The number of rotatable bonds is 2. The van der Waals surface area contributed by atoms with Crippen LogP contribution < -0.4 is 5.32 Å². The summed E-state index contributed by atoms with van der Waals surface area (Å²) in [6.07, 6.45) is 0. The first-order chi connectivity index (χ1) is 7.27. The molecule has 76 valence electrons. The molecule has 2 rings (SSSR count). The van der Waals surface area contributed by atoms with Crippen LogP contribution >= 0.6 is 34.1 Å². The fraction of sp³-hybridized carbons (Fsp3) is 0. The van der Waals surface area contributed by atoms with Gasteiger partial charge in [-0.25, -0.2) is 0 Å². The smallest absolute Gasteiger partial charge is 0.277 e. The maximum absolute atomic E-state index is 11.6. The van der Waals surface area contributed by atoms with Gasteiger partial charge in [0.2, 0.25) is 0 Å². The summed E-state index contributed by atoms with van der Waals surface area (Å²) in [5, 5.41) is 8.08. The van der Waals surface area contributed by atoms with Gasteiger partial charge in [0.1, 0.15) is 0 Å². The Balaban J connectivity index is 2.17. The van der Waals surface area contributed by atoms with Crippen molar-refractivity contribution in [2.45, 2.75) is 0 Å². The van der Waals surface area contributed by atoms with Crippen LogP contribution in [-0.2, 0) is 0 Å². The summed E-state index contributed by atoms with van der Waals surface area (Å²) >= 11 is 3.32. The van der Waals surface area contributed by atoms with Gasteiger partial charge in [-0.15, -0.1) is 5.10 Å². The number of anilines is 1. The molecule has 0 spiro atoms. The van der Waals surface area contributed by atoms with Crippen molar-refractivity contribution in [3.8, 4) is 0 Å². The monoisotopic (exact) mass is 331 g/mol. The second kappa shape index (κ2) is 4.67. The second-order valence-electron chi connectivity index (χ2n) is 2.72. The zero-order chi connectivity index (χ0) is 10.7. The number of hydrogen-bond acceptors (Lipinski definition) is 4. The van der Waals surface area contributed by atoms with E-state index < -0.39 is 0 Å². The van der Waals surface area contributed by atoms with E-state index in [0.717, 1.165) is 20.8 Å². The van der Waals surface area contributed by atoms with Crippen LogP contribution in [0.3, 0.4) is 0 Å². The molecule has 0 saturated heterocycles. The average molecular weight is 331 g/mol. The maximum Gasteiger partial charge on any atom is 0.277 e. The van der Waals surface area contributed by atoms with Crippen LogP contribution in [-0.4, -0.2) is 15.5 Å². The Bertz CT molecular complexity index is 472. The van der Waals surface area contributed by atoms with E-state index in [1.54, 1.807) is 5.38 Å². The van der Waals surface area contributed by atoms with Crippen molar-refractivity contribution in [2.24, 2.45) is 0 Å². The quantitative estimate of drug-likeness (QED) is 0.860. The fourth-order valence-corrected chi connectivity index (χ4v) is 1.97. The zero-order valence-electron chi connectivity index (χ0n) is 7.48. The van der Waals surface area contributed by atoms with Gasteiger partial charge in [-0.2, -0.15) is 0 Å². The summed E-state index contributed by atoms with van der Waals surface area (Å²) in [6.45, 7) is 0. The molecule has 0 aliphatic heterocycles. The number of carbonyl (C=O) groups excluding carboxylic acids is 1. The lowest BCUT2D eigenvalue weighted by atomic mass is 10.3. The second-order valence-corrected chi connectivity index (χ2v) is 4.50. The van der Waals surface area contributed by atoms with E-state index >= 15 is 0 Å². The van der Waals surface area contributed by atoms with Crippen LogP contribution in [0.4, 0.5) is 5.69 Å². The van der Waals surface area contributed by atoms with Crippen LogP contribution in [0.25, 0.3) is 0 Å². The Morgan fingerprint density at radius 3 is 2.87 bits per heavy atom. The van der Waals surface area contributed by atoms with E-state index in [-0.39, 0.29) is 5.91 Å². The van der Waals surface area contributed by atoms with Crippen molar-refractivity contribution >= 4 is 45.7 Å². The van der Waals surface area contributed by atoms with Gasteiger partial charge < -0.3 is 5.32 Å². The van der Waals surface area contributed by atoms with Crippen LogP contribution in [0, 0.1) is 3.57 Å². The van der Waals surface area contributed by atoms with E-state index in [0.29, 0.717) is 5.69 Å². The summed E-state index contributed by atoms with van der Waals surface area (Å²) in [5.74, 6) is -0.229. The lowest BCUT2D eigenvalue weighted by Crippen LogP contribution is -2.13. The van der Waals surface area contributed by atoms with Gasteiger partial charge in [-0.05, 0) is 46.3 Å². The first-order valence-corrected chi connectivity index (χ1v) is 6.02. The third-order valence-electron chi connectivity index (χ3n) is 1.71. The number of nitrogens with one attached hydrogen (secondary N) is 1. The third-order valence-corrected chi connectivity index (χ3v) is 3.16. The van der Waals surface area contributed by atoms with Crippen LogP contribution in [0.2, 0.25) is 0 Å². The number of nitrogens with zero attached hydrogens (tertiary/aromatic N) is 2. The molecular formula is C9H6IN3OS. The summed E-state index contributed by atoms with van der Waals surface area (Å²) in [7, 11) is 0. The largest absolute Gasteiger partial charge is 0.320 e. The average Bonchev–Trinajstić information content (AvgIpc) is 2.74. The van der Waals surface area contributed by atoms with Crippen molar-refractivity contribution < 1.29 is 4.79 Å². The molecule has 0 aliphatic rings. The molecule has 0 saturated carbocycles. The molecule has 6 heteroatoms. The van der Waals surface area contributed by atoms with Crippen molar-refractivity contribution in [1.29, 1.82) is 0 Å². The lowest BCUT2D eigenvalue weighted by Gasteiger charge is -2.04. The van der Waals surface area contributed by atoms with E-state index in [1.807, 2.05) is 24.3 Å². The molecular weight excluding hydrogens is 325 g/mol. The Labute approximate surface area is 104 Å². The number of para-hydroxylation sites is 1. The van der Waals surface area contributed by atoms with Crippen molar-refractivity contribution in [2.75, 3.05) is 5.32 Å². The molecule has 15 heavy (non-hydrogen) atoms. The Morgan fingerprint density at radius 2 is 2.20 bits per heavy atom. The van der Waals surface area contributed by atoms with Crippen LogP contribution in [0.5, 0.6) is 0 Å². The summed E-state index contributed by atoms with van der Waals surface area (Å²) in [5.41, 5.74) is 1.13. The summed E-state index contributed by atoms with van der Waals surface area (Å²) < 4.78 is 4.63. The SMILES string of the molecule is O=C(Nc1ccccc1I)c1csnn1. The van der Waals surface area contributed by atoms with Gasteiger partial charge in [0.15, 0.2) is 5.69 Å². The molecule has 0 aliphatic carbocycles. The minimum Gasteiger partial charge on any atom is -0.320 e. The van der Waals surface area contributed by atoms with Gasteiger partial charge in [0.25, 0.3) is 5.91 Å². The van der Waals surface area contributed by atoms with E-state index in [9.17, 15) is 4.79 Å². The number of hydrogen-bond donors (Lipinski definition) is 1. The van der Waals surface area contributed by atoms with Gasteiger partial charge in [-0.3, -0.25) is 4.79 Å². The molecule has 2 aromatic rings. The predicted molar refractivity (Wildman–Crippen MR) is 67.0 cm³/mol. The third kappa shape index (κ3) is 2.51. The number of halogens is 1. The first kappa shape index (κ1) is 10.5. The highest BCUT2D eigenvalue weighted by Crippen LogP contribution is 2.17. The molecule has 0 fully saturated rings. The topological polar surface area (TPSA) is 54.9 Å². The van der Waals surface area contributed by atoms with Gasteiger partial charge in [-0.1, -0.05) is 16.6 Å². The van der Waals surface area contributed by atoms with E-state index in [4.69, 9.17) is 0 Å². The van der Waals surface area contributed by atoms with Crippen LogP contribution in [0.1, 0.15) is 10.5 Å². The lowest BCUT2D eigenvalue weighted by molar-refractivity contribution is 0.102. The Hall–Kier alpha value is -1.02. The van der Waals surface area contributed by atoms with Crippen molar-refractivity contribution in [1.82, 2.24) is 9.59 Å². The molecule has 4 nitrogen and oxygen atoms in total. The normalized spacial score (nSPS) is 9.93. The molecule has 1 N–H and O–H groups in total.